The van der Waals surface area contributed by atoms with Gasteiger partial charge in [0.1, 0.15) is 0 Å². The maximum absolute atomic E-state index is 13.7. The van der Waals surface area contributed by atoms with Gasteiger partial charge in [0.15, 0.2) is 11.6 Å². The second-order valence-electron chi connectivity index (χ2n) is 4.92. The zero-order valence-corrected chi connectivity index (χ0v) is 12.5. The highest BCUT2D eigenvalue weighted by Gasteiger charge is 2.16. The number of rotatable bonds is 4. The summed E-state index contributed by atoms with van der Waals surface area (Å²) in [6, 6.07) is 4.92. The van der Waals surface area contributed by atoms with Crippen molar-refractivity contribution >= 4 is 5.69 Å². The molecule has 1 heterocycles. The lowest BCUT2D eigenvalue weighted by Crippen LogP contribution is -2.09. The molecule has 1 N–H and O–H groups in total. The average Bonchev–Trinajstić information content (AvgIpc) is 2.63. The molecule has 5 heteroatoms. The summed E-state index contributed by atoms with van der Waals surface area (Å²) >= 11 is 0. The highest BCUT2D eigenvalue weighted by molar-refractivity contribution is 5.49. The van der Waals surface area contributed by atoms with Crippen LogP contribution in [0.3, 0.4) is 0 Å². The van der Waals surface area contributed by atoms with E-state index in [0.717, 1.165) is 22.6 Å². The number of nitrogens with one attached hydrogen (secondary N) is 1. The highest BCUT2D eigenvalue weighted by Crippen LogP contribution is 2.27. The van der Waals surface area contributed by atoms with E-state index in [1.807, 2.05) is 32.5 Å². The average molecular weight is 277 g/mol. The fourth-order valence-electron chi connectivity index (χ4n) is 2.49. The molecule has 2 rings (SSSR count). The fraction of sp³-hybridized carbons (Fsp3) is 0.400. The summed E-state index contributed by atoms with van der Waals surface area (Å²) in [5.74, 6) is -0.124. The molecule has 0 spiro atoms. The van der Waals surface area contributed by atoms with Crippen molar-refractivity contribution in [3.63, 3.8) is 0 Å². The number of aromatic nitrogens is 2. The van der Waals surface area contributed by atoms with Gasteiger partial charge in [-0.25, -0.2) is 4.39 Å². The van der Waals surface area contributed by atoms with Crippen LogP contribution in [0.25, 0.3) is 0 Å². The molecular weight excluding hydrogens is 257 g/mol. The maximum atomic E-state index is 13.7. The third-order valence-corrected chi connectivity index (χ3v) is 3.53. The van der Waals surface area contributed by atoms with Crippen LogP contribution in [0.5, 0.6) is 5.75 Å². The molecule has 0 amide bonds. The summed E-state index contributed by atoms with van der Waals surface area (Å²) in [7, 11) is 3.38. The van der Waals surface area contributed by atoms with Crippen molar-refractivity contribution in [2.45, 2.75) is 26.8 Å². The minimum atomic E-state index is -0.371. The van der Waals surface area contributed by atoms with Crippen molar-refractivity contribution in [3.05, 3.63) is 41.0 Å². The third-order valence-electron chi connectivity index (χ3n) is 3.53. The van der Waals surface area contributed by atoms with Gasteiger partial charge in [-0.3, -0.25) is 4.68 Å². The smallest absolute Gasteiger partial charge is 0.167 e. The first-order valence-corrected chi connectivity index (χ1v) is 6.54. The Morgan fingerprint density at radius 3 is 2.55 bits per heavy atom. The number of hydrogen-bond donors (Lipinski definition) is 1. The minimum absolute atomic E-state index is 0.0523. The molecule has 1 aromatic heterocycles. The van der Waals surface area contributed by atoms with E-state index < -0.39 is 0 Å². The number of hydrogen-bond acceptors (Lipinski definition) is 3. The molecule has 2 aromatic rings. The SMILES string of the molecule is COc1ccc(NC(C)c2c(C)nn(C)c2C)cc1F. The Morgan fingerprint density at radius 1 is 1.35 bits per heavy atom. The lowest BCUT2D eigenvalue weighted by molar-refractivity contribution is 0.386. The molecular formula is C15H20FN3O. The van der Waals surface area contributed by atoms with Gasteiger partial charge in [0, 0.05) is 30.1 Å². The first kappa shape index (κ1) is 14.4. The zero-order valence-electron chi connectivity index (χ0n) is 12.5. The van der Waals surface area contributed by atoms with Crippen molar-refractivity contribution in [3.8, 4) is 5.75 Å². The number of methoxy groups -OCH3 is 1. The maximum Gasteiger partial charge on any atom is 0.167 e. The number of halogens is 1. The molecule has 0 radical (unpaired) electrons. The van der Waals surface area contributed by atoms with Crippen LogP contribution in [0.4, 0.5) is 10.1 Å². The van der Waals surface area contributed by atoms with Crippen molar-refractivity contribution < 1.29 is 9.13 Å². The van der Waals surface area contributed by atoms with E-state index in [9.17, 15) is 4.39 Å². The van der Waals surface area contributed by atoms with E-state index in [1.165, 1.54) is 13.2 Å². The Hall–Kier alpha value is -2.04. The molecule has 0 saturated carbocycles. The van der Waals surface area contributed by atoms with Gasteiger partial charge >= 0.3 is 0 Å². The molecule has 0 aliphatic carbocycles. The van der Waals surface area contributed by atoms with Crippen LogP contribution in [0.15, 0.2) is 18.2 Å². The summed E-state index contributed by atoms with van der Waals surface area (Å²) in [5.41, 5.74) is 3.96. The van der Waals surface area contributed by atoms with E-state index in [4.69, 9.17) is 4.74 Å². The number of ether oxygens (including phenoxy) is 1. The molecule has 1 aromatic carbocycles. The minimum Gasteiger partial charge on any atom is -0.494 e. The Balaban J connectivity index is 2.23. The summed E-state index contributed by atoms with van der Waals surface area (Å²) in [6.45, 7) is 6.05. The van der Waals surface area contributed by atoms with Gasteiger partial charge in [-0.1, -0.05) is 0 Å². The quantitative estimate of drug-likeness (QED) is 0.931. The van der Waals surface area contributed by atoms with Crippen LogP contribution < -0.4 is 10.1 Å². The third kappa shape index (κ3) is 2.61. The molecule has 0 aliphatic rings. The fourth-order valence-corrected chi connectivity index (χ4v) is 2.49. The first-order chi connectivity index (χ1) is 9.43. The molecule has 1 unspecified atom stereocenters. The van der Waals surface area contributed by atoms with Crippen molar-refractivity contribution in [1.29, 1.82) is 0 Å². The van der Waals surface area contributed by atoms with Gasteiger partial charge in [0.2, 0.25) is 0 Å². The van der Waals surface area contributed by atoms with E-state index >= 15 is 0 Å². The van der Waals surface area contributed by atoms with Gasteiger partial charge in [-0.15, -0.1) is 0 Å². The number of nitrogens with zero attached hydrogens (tertiary/aromatic N) is 2. The summed E-state index contributed by atoms with van der Waals surface area (Å²) in [5, 5.41) is 7.70. The summed E-state index contributed by atoms with van der Waals surface area (Å²) < 4.78 is 20.5. The van der Waals surface area contributed by atoms with Crippen molar-refractivity contribution in [2.75, 3.05) is 12.4 Å². The van der Waals surface area contributed by atoms with Crippen LogP contribution in [-0.4, -0.2) is 16.9 Å². The molecule has 0 fully saturated rings. The highest BCUT2D eigenvalue weighted by atomic mass is 19.1. The molecule has 0 aliphatic heterocycles. The van der Waals surface area contributed by atoms with E-state index in [2.05, 4.69) is 10.4 Å². The van der Waals surface area contributed by atoms with Gasteiger partial charge in [-0.05, 0) is 32.9 Å². The predicted molar refractivity (Wildman–Crippen MR) is 77.7 cm³/mol. The largest absolute Gasteiger partial charge is 0.494 e. The molecule has 108 valence electrons. The van der Waals surface area contributed by atoms with Crippen LogP contribution in [0.2, 0.25) is 0 Å². The van der Waals surface area contributed by atoms with Crippen molar-refractivity contribution in [1.82, 2.24) is 9.78 Å². The van der Waals surface area contributed by atoms with E-state index in [1.54, 1.807) is 12.1 Å². The zero-order chi connectivity index (χ0) is 14.9. The number of aryl methyl sites for hydroxylation is 2. The summed E-state index contributed by atoms with van der Waals surface area (Å²) in [4.78, 5) is 0. The normalized spacial score (nSPS) is 12.3. The second kappa shape index (κ2) is 5.53. The van der Waals surface area contributed by atoms with Crippen LogP contribution in [0.1, 0.15) is 29.9 Å². The standard InChI is InChI=1S/C15H20FN3O/c1-9(15-10(2)18-19(4)11(15)3)17-12-6-7-14(20-5)13(16)8-12/h6-9,17H,1-5H3. The number of benzene rings is 1. The van der Waals surface area contributed by atoms with Crippen LogP contribution in [-0.2, 0) is 7.05 Å². The first-order valence-electron chi connectivity index (χ1n) is 6.54. The Bertz CT molecular complexity index is 622. The molecule has 4 nitrogen and oxygen atoms in total. The predicted octanol–water partition coefficient (Wildman–Crippen LogP) is 3.36. The van der Waals surface area contributed by atoms with Crippen LogP contribution in [0, 0.1) is 19.7 Å². The summed E-state index contributed by atoms with van der Waals surface area (Å²) in [6.07, 6.45) is 0. The lowest BCUT2D eigenvalue weighted by Gasteiger charge is -2.16. The van der Waals surface area contributed by atoms with Gasteiger partial charge < -0.3 is 10.1 Å². The van der Waals surface area contributed by atoms with Gasteiger partial charge in [0.25, 0.3) is 0 Å². The topological polar surface area (TPSA) is 39.1 Å². The van der Waals surface area contributed by atoms with Crippen LogP contribution >= 0.6 is 0 Å². The monoisotopic (exact) mass is 277 g/mol. The Labute approximate surface area is 118 Å². The van der Waals surface area contributed by atoms with E-state index in [0.29, 0.717) is 0 Å². The van der Waals surface area contributed by atoms with Gasteiger partial charge in [0.05, 0.1) is 18.8 Å². The van der Waals surface area contributed by atoms with E-state index in [-0.39, 0.29) is 17.6 Å². The lowest BCUT2D eigenvalue weighted by atomic mass is 10.1. The molecule has 1 atom stereocenters. The van der Waals surface area contributed by atoms with Crippen molar-refractivity contribution in [2.24, 2.45) is 7.05 Å². The van der Waals surface area contributed by atoms with Gasteiger partial charge in [-0.2, -0.15) is 5.10 Å². The molecule has 0 bridgehead atoms. The molecule has 0 saturated heterocycles. The number of anilines is 1. The Morgan fingerprint density at radius 2 is 2.05 bits per heavy atom. The second-order valence-corrected chi connectivity index (χ2v) is 4.92. The molecule has 20 heavy (non-hydrogen) atoms. The Kier molecular flexibility index (Phi) is 3.97.